The smallest absolute Gasteiger partial charge is 0.253 e. The average Bonchev–Trinajstić information content (AvgIpc) is 2.92. The number of carbonyl (C=O) groups excluding carboxylic acids is 1. The van der Waals surface area contributed by atoms with E-state index in [4.69, 9.17) is 0 Å². The highest BCUT2D eigenvalue weighted by molar-refractivity contribution is 5.99. The van der Waals surface area contributed by atoms with Crippen LogP contribution in [0.5, 0.6) is 0 Å². The summed E-state index contributed by atoms with van der Waals surface area (Å²) in [6, 6.07) is 15.8. The van der Waals surface area contributed by atoms with Gasteiger partial charge in [-0.05, 0) is 114 Å². The van der Waals surface area contributed by atoms with Gasteiger partial charge in [0.25, 0.3) is 11.5 Å². The highest BCUT2D eigenvalue weighted by atomic mass is 16.1. The summed E-state index contributed by atoms with van der Waals surface area (Å²) in [7, 11) is 8.34. The molecule has 0 unspecified atom stereocenters. The lowest BCUT2D eigenvalue weighted by atomic mass is 9.89. The molecule has 1 aliphatic carbocycles. The van der Waals surface area contributed by atoms with E-state index in [1.54, 1.807) is 0 Å². The second kappa shape index (κ2) is 12.8. The van der Waals surface area contributed by atoms with Crippen molar-refractivity contribution in [1.29, 1.82) is 0 Å². The van der Waals surface area contributed by atoms with Gasteiger partial charge in [-0.15, -0.1) is 0 Å². The SMILES string of the molecule is CNC1CCC(N(C)c2cc(-c3ccc(CN(C)C)cc3)cc(C(=O)NCc3c(C)cc(C)[nH]c3=O)c2C)CC1. The number of aryl methyl sites for hydroxylation is 2. The number of rotatable bonds is 9. The normalized spacial score (nSPS) is 17.2. The molecule has 1 aromatic heterocycles. The molecule has 0 aliphatic heterocycles. The van der Waals surface area contributed by atoms with E-state index in [1.165, 1.54) is 5.56 Å². The molecule has 0 radical (unpaired) electrons. The number of nitrogens with one attached hydrogen (secondary N) is 3. The Labute approximate surface area is 239 Å². The van der Waals surface area contributed by atoms with Crippen LogP contribution in [0.2, 0.25) is 0 Å². The van der Waals surface area contributed by atoms with Crippen molar-refractivity contribution in [2.75, 3.05) is 33.1 Å². The van der Waals surface area contributed by atoms with Crippen molar-refractivity contribution in [3.8, 4) is 11.1 Å². The highest BCUT2D eigenvalue weighted by Crippen LogP contribution is 2.34. The second-order valence-corrected chi connectivity index (χ2v) is 11.6. The van der Waals surface area contributed by atoms with Crippen molar-refractivity contribution >= 4 is 11.6 Å². The molecule has 0 bridgehead atoms. The zero-order valence-electron chi connectivity index (χ0n) is 25.1. The number of hydrogen-bond acceptors (Lipinski definition) is 5. The Morgan fingerprint density at radius 2 is 1.62 bits per heavy atom. The molecule has 0 saturated heterocycles. The fourth-order valence-corrected chi connectivity index (χ4v) is 5.95. The van der Waals surface area contributed by atoms with Crippen molar-refractivity contribution in [2.24, 2.45) is 0 Å². The second-order valence-electron chi connectivity index (χ2n) is 11.6. The van der Waals surface area contributed by atoms with Gasteiger partial charge in [0.2, 0.25) is 0 Å². The van der Waals surface area contributed by atoms with Crippen LogP contribution < -0.4 is 21.1 Å². The third kappa shape index (κ3) is 6.83. The van der Waals surface area contributed by atoms with Crippen LogP contribution in [0.25, 0.3) is 11.1 Å². The number of amides is 1. The van der Waals surface area contributed by atoms with Crippen LogP contribution in [0.15, 0.2) is 47.3 Å². The molecular weight excluding hydrogens is 498 g/mol. The summed E-state index contributed by atoms with van der Waals surface area (Å²) in [4.78, 5) is 33.6. The Kier molecular flexibility index (Phi) is 9.48. The lowest BCUT2D eigenvalue weighted by molar-refractivity contribution is 0.0950. The van der Waals surface area contributed by atoms with Gasteiger partial charge in [0.1, 0.15) is 0 Å². The van der Waals surface area contributed by atoms with Gasteiger partial charge >= 0.3 is 0 Å². The maximum Gasteiger partial charge on any atom is 0.253 e. The molecule has 3 aromatic rings. The highest BCUT2D eigenvalue weighted by Gasteiger charge is 2.26. The van der Waals surface area contributed by atoms with E-state index in [9.17, 15) is 9.59 Å². The van der Waals surface area contributed by atoms with Gasteiger partial charge in [0.05, 0.1) is 0 Å². The molecule has 7 heteroatoms. The first-order chi connectivity index (χ1) is 19.1. The molecule has 1 amide bonds. The maximum atomic E-state index is 13.7. The molecule has 4 rings (SSSR count). The van der Waals surface area contributed by atoms with Crippen LogP contribution >= 0.6 is 0 Å². The van der Waals surface area contributed by atoms with Gasteiger partial charge in [0, 0.05) is 54.7 Å². The van der Waals surface area contributed by atoms with E-state index in [0.717, 1.165) is 65.9 Å². The third-order valence-corrected chi connectivity index (χ3v) is 8.36. The number of aromatic amines is 1. The van der Waals surface area contributed by atoms with E-state index in [0.29, 0.717) is 23.2 Å². The quantitative estimate of drug-likeness (QED) is 0.357. The molecule has 1 aliphatic rings. The van der Waals surface area contributed by atoms with Gasteiger partial charge in [0.15, 0.2) is 0 Å². The minimum atomic E-state index is -0.170. The Morgan fingerprint density at radius 3 is 2.23 bits per heavy atom. The molecule has 0 atom stereocenters. The van der Waals surface area contributed by atoms with Gasteiger partial charge in [-0.2, -0.15) is 0 Å². The summed E-state index contributed by atoms with van der Waals surface area (Å²) in [5.41, 5.74) is 8.14. The van der Waals surface area contributed by atoms with Crippen molar-refractivity contribution in [3.05, 3.63) is 86.3 Å². The molecule has 2 aromatic carbocycles. The topological polar surface area (TPSA) is 80.5 Å². The van der Waals surface area contributed by atoms with Gasteiger partial charge < -0.3 is 25.4 Å². The summed E-state index contributed by atoms with van der Waals surface area (Å²) in [5, 5.41) is 6.46. The van der Waals surface area contributed by atoms with E-state index in [-0.39, 0.29) is 18.0 Å². The van der Waals surface area contributed by atoms with Crippen LogP contribution in [0, 0.1) is 20.8 Å². The van der Waals surface area contributed by atoms with Crippen molar-refractivity contribution in [2.45, 2.75) is 71.6 Å². The molecule has 7 nitrogen and oxygen atoms in total. The molecule has 0 spiro atoms. The fraction of sp³-hybridized carbons (Fsp3) is 0.455. The van der Waals surface area contributed by atoms with E-state index >= 15 is 0 Å². The molecule has 214 valence electrons. The largest absolute Gasteiger partial charge is 0.371 e. The number of carbonyl (C=O) groups is 1. The number of hydrogen-bond donors (Lipinski definition) is 3. The molecule has 1 fully saturated rings. The minimum absolute atomic E-state index is 0.154. The molecule has 1 heterocycles. The Morgan fingerprint density at radius 1 is 0.950 bits per heavy atom. The Bertz CT molecular complexity index is 1390. The average molecular weight is 544 g/mol. The molecular formula is C33H45N5O2. The number of H-pyrrole nitrogens is 1. The lowest BCUT2D eigenvalue weighted by Gasteiger charge is -2.37. The van der Waals surface area contributed by atoms with E-state index < -0.39 is 0 Å². The Hall–Kier alpha value is -3.42. The van der Waals surface area contributed by atoms with Crippen LogP contribution in [0.3, 0.4) is 0 Å². The minimum Gasteiger partial charge on any atom is -0.371 e. The summed E-state index contributed by atoms with van der Waals surface area (Å²) in [5.74, 6) is -0.170. The van der Waals surface area contributed by atoms with Crippen molar-refractivity contribution in [1.82, 2.24) is 20.5 Å². The number of aromatic nitrogens is 1. The summed E-state index contributed by atoms with van der Waals surface area (Å²) in [6.45, 7) is 6.87. The van der Waals surface area contributed by atoms with E-state index in [1.807, 2.05) is 40.0 Å². The summed E-state index contributed by atoms with van der Waals surface area (Å²) >= 11 is 0. The van der Waals surface area contributed by atoms with Gasteiger partial charge in [-0.1, -0.05) is 24.3 Å². The fourth-order valence-electron chi connectivity index (χ4n) is 5.95. The zero-order valence-corrected chi connectivity index (χ0v) is 25.1. The maximum absolute atomic E-state index is 13.7. The molecule has 3 N–H and O–H groups in total. The van der Waals surface area contributed by atoms with Crippen molar-refractivity contribution in [3.63, 3.8) is 0 Å². The Balaban J connectivity index is 1.68. The number of nitrogens with zero attached hydrogens (tertiary/aromatic N) is 2. The number of pyridine rings is 1. The first kappa shape index (κ1) is 29.6. The van der Waals surface area contributed by atoms with E-state index in [2.05, 4.69) is 76.9 Å². The predicted octanol–water partition coefficient (Wildman–Crippen LogP) is 4.93. The van der Waals surface area contributed by atoms with Crippen LogP contribution in [-0.4, -0.2) is 56.1 Å². The lowest BCUT2D eigenvalue weighted by Crippen LogP contribution is -2.40. The first-order valence-corrected chi connectivity index (χ1v) is 14.3. The van der Waals surface area contributed by atoms with Crippen LogP contribution in [0.1, 0.15) is 64.0 Å². The zero-order chi connectivity index (χ0) is 29.0. The van der Waals surface area contributed by atoms with Gasteiger partial charge in [-0.25, -0.2) is 0 Å². The van der Waals surface area contributed by atoms with Crippen LogP contribution in [0.4, 0.5) is 5.69 Å². The van der Waals surface area contributed by atoms with Crippen LogP contribution in [-0.2, 0) is 13.1 Å². The summed E-state index contributed by atoms with van der Waals surface area (Å²) < 4.78 is 0. The molecule has 1 saturated carbocycles. The predicted molar refractivity (Wildman–Crippen MR) is 165 cm³/mol. The van der Waals surface area contributed by atoms with Crippen molar-refractivity contribution < 1.29 is 4.79 Å². The third-order valence-electron chi connectivity index (χ3n) is 8.36. The molecule has 40 heavy (non-hydrogen) atoms. The first-order valence-electron chi connectivity index (χ1n) is 14.3. The summed E-state index contributed by atoms with van der Waals surface area (Å²) in [6.07, 6.45) is 4.52. The van der Waals surface area contributed by atoms with Gasteiger partial charge in [-0.3, -0.25) is 9.59 Å². The number of anilines is 1. The number of benzene rings is 2. The monoisotopic (exact) mass is 543 g/mol. The standard InChI is InChI=1S/C33H45N5O2/c1-21-16-22(2)36-33(40)30(21)19-35-32(39)29-17-26(25-10-8-24(9-11-25)20-37(5)6)18-31(23(29)3)38(7)28-14-12-27(34-4)13-15-28/h8-11,16-18,27-28,34H,12-15,19-20H2,1-7H3,(H,35,39)(H,36,40).